The smallest absolute Gasteiger partial charge is 0.243 e. The molecule has 0 saturated carbocycles. The van der Waals surface area contributed by atoms with Crippen molar-refractivity contribution < 1.29 is 17.9 Å². The van der Waals surface area contributed by atoms with Crippen LogP contribution in [0.3, 0.4) is 0 Å². The van der Waals surface area contributed by atoms with Crippen molar-refractivity contribution in [3.8, 4) is 0 Å². The number of morpholine rings is 1. The van der Waals surface area contributed by atoms with Crippen molar-refractivity contribution in [2.24, 2.45) is 0 Å². The van der Waals surface area contributed by atoms with Crippen LogP contribution in [-0.2, 0) is 26.0 Å². The summed E-state index contributed by atoms with van der Waals surface area (Å²) in [5.41, 5.74) is 0.959. The predicted molar refractivity (Wildman–Crippen MR) is 93.8 cm³/mol. The molecule has 3 rings (SSSR count). The lowest BCUT2D eigenvalue weighted by Crippen LogP contribution is -2.40. The molecule has 25 heavy (non-hydrogen) atoms. The maximum Gasteiger partial charge on any atom is 0.243 e. The van der Waals surface area contributed by atoms with Gasteiger partial charge in [0, 0.05) is 32.1 Å². The Morgan fingerprint density at radius 2 is 1.96 bits per heavy atom. The molecule has 0 radical (unpaired) electrons. The summed E-state index contributed by atoms with van der Waals surface area (Å²) >= 11 is 0. The van der Waals surface area contributed by atoms with Gasteiger partial charge in [0.2, 0.25) is 15.9 Å². The molecular weight excluding hydrogens is 342 g/mol. The van der Waals surface area contributed by atoms with Gasteiger partial charge < -0.3 is 15.4 Å². The van der Waals surface area contributed by atoms with E-state index < -0.39 is 10.0 Å². The summed E-state index contributed by atoms with van der Waals surface area (Å²) in [5, 5.41) is 6.23. The number of hydrogen-bond donors (Lipinski definition) is 2. The molecule has 0 bridgehead atoms. The molecule has 2 aliphatic heterocycles. The highest BCUT2D eigenvalue weighted by molar-refractivity contribution is 7.89. The molecule has 1 atom stereocenters. The van der Waals surface area contributed by atoms with E-state index in [-0.39, 0.29) is 11.9 Å². The number of amides is 1. The van der Waals surface area contributed by atoms with Crippen molar-refractivity contribution in [3.05, 3.63) is 29.8 Å². The van der Waals surface area contributed by atoms with E-state index in [0.717, 1.165) is 25.1 Å². The van der Waals surface area contributed by atoms with Crippen LogP contribution in [0.25, 0.3) is 0 Å². The molecule has 2 aliphatic rings. The van der Waals surface area contributed by atoms with Crippen LogP contribution in [0.4, 0.5) is 0 Å². The van der Waals surface area contributed by atoms with Gasteiger partial charge in [-0.3, -0.25) is 4.79 Å². The van der Waals surface area contributed by atoms with Crippen LogP contribution in [0.15, 0.2) is 29.2 Å². The second-order valence-electron chi connectivity index (χ2n) is 6.42. The Labute approximate surface area is 148 Å². The second-order valence-corrected chi connectivity index (χ2v) is 8.36. The lowest BCUT2D eigenvalue weighted by Gasteiger charge is -2.26. The predicted octanol–water partition coefficient (Wildman–Crippen LogP) is 0.118. The van der Waals surface area contributed by atoms with Gasteiger partial charge in [-0.05, 0) is 37.1 Å². The van der Waals surface area contributed by atoms with Crippen LogP contribution in [-0.4, -0.2) is 64.1 Å². The van der Waals surface area contributed by atoms with E-state index in [9.17, 15) is 13.2 Å². The number of benzene rings is 1. The first-order chi connectivity index (χ1) is 12.1. The molecule has 8 heteroatoms. The monoisotopic (exact) mass is 367 g/mol. The third-order valence-corrected chi connectivity index (χ3v) is 6.51. The van der Waals surface area contributed by atoms with Gasteiger partial charge in [-0.1, -0.05) is 12.1 Å². The van der Waals surface area contributed by atoms with E-state index in [1.807, 2.05) is 0 Å². The maximum absolute atomic E-state index is 12.6. The molecule has 2 heterocycles. The first-order valence-electron chi connectivity index (χ1n) is 8.72. The summed E-state index contributed by atoms with van der Waals surface area (Å²) in [4.78, 5) is 12.2. The molecule has 1 amide bonds. The van der Waals surface area contributed by atoms with Crippen molar-refractivity contribution in [3.63, 3.8) is 0 Å². The Balaban J connectivity index is 1.53. The molecule has 1 aromatic rings. The van der Waals surface area contributed by atoms with Crippen LogP contribution in [0.1, 0.15) is 18.4 Å². The van der Waals surface area contributed by atoms with Crippen LogP contribution in [0.5, 0.6) is 0 Å². The standard InChI is InChI=1S/C17H25N3O4S/c21-17(19-15-7-8-18-13-15)6-3-14-1-4-16(5-2-14)25(22,23)20-9-11-24-12-10-20/h1-2,4-5,15,18H,3,6-13H2,(H,19,21). The number of hydrogen-bond acceptors (Lipinski definition) is 5. The van der Waals surface area contributed by atoms with Crippen molar-refractivity contribution in [2.45, 2.75) is 30.2 Å². The van der Waals surface area contributed by atoms with Crippen LogP contribution in [0, 0.1) is 0 Å². The lowest BCUT2D eigenvalue weighted by atomic mass is 10.1. The summed E-state index contributed by atoms with van der Waals surface area (Å²) in [6.45, 7) is 3.43. The van der Waals surface area contributed by atoms with E-state index in [0.29, 0.717) is 44.0 Å². The quantitative estimate of drug-likeness (QED) is 0.746. The Morgan fingerprint density at radius 1 is 1.24 bits per heavy atom. The Kier molecular flexibility index (Phi) is 6.06. The minimum absolute atomic E-state index is 0.0405. The van der Waals surface area contributed by atoms with E-state index in [2.05, 4.69) is 10.6 Å². The summed E-state index contributed by atoms with van der Waals surface area (Å²) in [6, 6.07) is 7.06. The molecule has 1 aromatic carbocycles. The van der Waals surface area contributed by atoms with Crippen molar-refractivity contribution in [1.29, 1.82) is 0 Å². The largest absolute Gasteiger partial charge is 0.379 e. The SMILES string of the molecule is O=C(CCc1ccc(S(=O)(=O)N2CCOCC2)cc1)NC1CCNC1. The van der Waals surface area contributed by atoms with Gasteiger partial charge in [0.15, 0.2) is 0 Å². The normalized spacial score (nSPS) is 22.0. The zero-order valence-electron chi connectivity index (χ0n) is 14.2. The van der Waals surface area contributed by atoms with Gasteiger partial charge in [-0.15, -0.1) is 0 Å². The van der Waals surface area contributed by atoms with Crippen LogP contribution in [0.2, 0.25) is 0 Å². The van der Waals surface area contributed by atoms with Crippen LogP contribution >= 0.6 is 0 Å². The number of nitrogens with zero attached hydrogens (tertiary/aromatic N) is 1. The molecular formula is C17H25N3O4S. The molecule has 2 N–H and O–H groups in total. The van der Waals surface area contributed by atoms with Crippen LogP contribution < -0.4 is 10.6 Å². The van der Waals surface area contributed by atoms with Gasteiger partial charge in [0.1, 0.15) is 0 Å². The Morgan fingerprint density at radius 3 is 2.60 bits per heavy atom. The Hall–Kier alpha value is -1.48. The number of carbonyl (C=O) groups is 1. The topological polar surface area (TPSA) is 87.7 Å². The highest BCUT2D eigenvalue weighted by atomic mass is 32.2. The highest BCUT2D eigenvalue weighted by Gasteiger charge is 2.26. The maximum atomic E-state index is 12.6. The molecule has 0 aromatic heterocycles. The van der Waals surface area contributed by atoms with Gasteiger partial charge in [0.05, 0.1) is 18.1 Å². The Bertz CT molecular complexity index is 678. The number of rotatable bonds is 6. The average Bonchev–Trinajstić information content (AvgIpc) is 3.14. The van der Waals surface area contributed by atoms with Crippen molar-refractivity contribution in [2.75, 3.05) is 39.4 Å². The number of nitrogens with one attached hydrogen (secondary N) is 2. The summed E-state index contributed by atoms with van der Waals surface area (Å²) in [6.07, 6.45) is 1.98. The minimum atomic E-state index is -3.46. The van der Waals surface area contributed by atoms with E-state index >= 15 is 0 Å². The number of ether oxygens (including phenoxy) is 1. The molecule has 7 nitrogen and oxygen atoms in total. The first kappa shape index (κ1) is 18.3. The summed E-state index contributed by atoms with van der Waals surface area (Å²) in [7, 11) is -3.46. The van der Waals surface area contributed by atoms with Gasteiger partial charge in [-0.25, -0.2) is 8.42 Å². The lowest BCUT2D eigenvalue weighted by molar-refractivity contribution is -0.121. The fourth-order valence-corrected chi connectivity index (χ4v) is 4.51. The zero-order valence-corrected chi connectivity index (χ0v) is 15.1. The van der Waals surface area contributed by atoms with Gasteiger partial charge in [-0.2, -0.15) is 4.31 Å². The minimum Gasteiger partial charge on any atom is -0.379 e. The molecule has 1 unspecified atom stereocenters. The third-order valence-electron chi connectivity index (χ3n) is 4.60. The van der Waals surface area contributed by atoms with Crippen molar-refractivity contribution in [1.82, 2.24) is 14.9 Å². The number of sulfonamides is 1. The molecule has 2 saturated heterocycles. The summed E-state index contributed by atoms with van der Waals surface area (Å²) in [5.74, 6) is 0.0405. The second kappa shape index (κ2) is 8.27. The third kappa shape index (κ3) is 4.78. The fraction of sp³-hybridized carbons (Fsp3) is 0.588. The highest BCUT2D eigenvalue weighted by Crippen LogP contribution is 2.18. The molecule has 0 aliphatic carbocycles. The number of carbonyl (C=O) groups excluding carboxylic acids is 1. The van der Waals surface area contributed by atoms with Gasteiger partial charge >= 0.3 is 0 Å². The number of aryl methyl sites for hydroxylation is 1. The average molecular weight is 367 g/mol. The van der Waals surface area contributed by atoms with E-state index in [4.69, 9.17) is 4.74 Å². The first-order valence-corrected chi connectivity index (χ1v) is 10.2. The zero-order chi connectivity index (χ0) is 17.7. The van der Waals surface area contributed by atoms with Crippen molar-refractivity contribution >= 4 is 15.9 Å². The van der Waals surface area contributed by atoms with Gasteiger partial charge in [0.25, 0.3) is 0 Å². The summed E-state index contributed by atoms with van der Waals surface area (Å²) < 4.78 is 31.8. The molecule has 138 valence electrons. The fourth-order valence-electron chi connectivity index (χ4n) is 3.10. The molecule has 2 fully saturated rings. The van der Waals surface area contributed by atoms with E-state index in [1.54, 1.807) is 24.3 Å². The molecule has 0 spiro atoms. The van der Waals surface area contributed by atoms with E-state index in [1.165, 1.54) is 4.31 Å².